The number of amides is 1. The zero-order chi connectivity index (χ0) is 25.5. The van der Waals surface area contributed by atoms with E-state index in [-0.39, 0.29) is 11.4 Å². The van der Waals surface area contributed by atoms with Crippen molar-refractivity contribution in [3.8, 4) is 12.3 Å². The molecule has 6 nitrogen and oxygen atoms in total. The smallest absolute Gasteiger partial charge is 0.413 e. The summed E-state index contributed by atoms with van der Waals surface area (Å²) < 4.78 is 74.8. The third-order valence-electron chi connectivity index (χ3n) is 4.99. The van der Waals surface area contributed by atoms with Gasteiger partial charge in [0.05, 0.1) is 15.5 Å². The summed E-state index contributed by atoms with van der Waals surface area (Å²) in [6.45, 7) is 7.31. The Hall–Kier alpha value is -2.61. The lowest BCUT2D eigenvalue weighted by atomic mass is 9.92. The van der Waals surface area contributed by atoms with Crippen LogP contribution in [0, 0.1) is 18.2 Å². The van der Waals surface area contributed by atoms with Gasteiger partial charge in [-0.05, 0) is 59.7 Å². The Morgan fingerprint density at radius 3 is 2.42 bits per heavy atom. The minimum atomic E-state index is -4.71. The second kappa shape index (κ2) is 8.63. The molecule has 2 atom stereocenters. The molecule has 0 spiro atoms. The van der Waals surface area contributed by atoms with E-state index in [9.17, 15) is 26.6 Å². The molecule has 0 saturated heterocycles. The van der Waals surface area contributed by atoms with Crippen LogP contribution in [0.5, 0.6) is 0 Å². The van der Waals surface area contributed by atoms with Gasteiger partial charge in [0.15, 0.2) is 0 Å². The van der Waals surface area contributed by atoms with E-state index in [1.807, 2.05) is 0 Å². The van der Waals surface area contributed by atoms with Gasteiger partial charge in [0.25, 0.3) is 0 Å². The number of aliphatic imine (C=N–C) groups is 1. The van der Waals surface area contributed by atoms with E-state index in [2.05, 4.69) is 20.6 Å². The van der Waals surface area contributed by atoms with Crippen LogP contribution in [-0.2, 0) is 20.0 Å². The molecule has 2 rings (SSSR count). The van der Waals surface area contributed by atoms with Crippen LogP contribution in [0.3, 0.4) is 0 Å². The van der Waals surface area contributed by atoms with Crippen molar-refractivity contribution in [2.75, 3.05) is 12.3 Å². The number of carbonyl (C=O) groups is 1. The SMILES string of the molecule is C#Cc1ccc(F)c([C@]2(C)C[S@](=O)(=NCC(F)(F)F)C(C)(C)C(NC(=O)OC(C)(C)C)=N2)c1. The summed E-state index contributed by atoms with van der Waals surface area (Å²) >= 11 is 0. The highest BCUT2D eigenvalue weighted by Crippen LogP contribution is 2.40. The number of carbonyl (C=O) groups excluding carboxylic acids is 1. The molecule has 0 unspecified atom stereocenters. The fraction of sp³-hybridized carbons (Fsp3) is 0.545. The molecule has 1 heterocycles. The molecule has 0 radical (unpaired) electrons. The molecule has 0 aromatic heterocycles. The maximum atomic E-state index is 14.8. The minimum Gasteiger partial charge on any atom is -0.444 e. The van der Waals surface area contributed by atoms with Gasteiger partial charge in [-0.25, -0.2) is 17.8 Å². The third-order valence-corrected chi connectivity index (χ3v) is 8.28. The Morgan fingerprint density at radius 1 is 1.30 bits per heavy atom. The first-order valence-electron chi connectivity index (χ1n) is 9.96. The average molecular weight is 490 g/mol. The van der Waals surface area contributed by atoms with Gasteiger partial charge in [-0.1, -0.05) is 5.92 Å². The van der Waals surface area contributed by atoms with Crippen LogP contribution in [0.1, 0.15) is 52.7 Å². The minimum absolute atomic E-state index is 0.0770. The molecule has 33 heavy (non-hydrogen) atoms. The van der Waals surface area contributed by atoms with Crippen LogP contribution < -0.4 is 5.32 Å². The number of hydrogen-bond acceptors (Lipinski definition) is 5. The van der Waals surface area contributed by atoms with Gasteiger partial charge >= 0.3 is 12.3 Å². The summed E-state index contributed by atoms with van der Waals surface area (Å²) in [7, 11) is -3.75. The molecule has 0 saturated carbocycles. The quantitative estimate of drug-likeness (QED) is 0.480. The number of alkyl halides is 3. The van der Waals surface area contributed by atoms with Crippen molar-refractivity contribution in [2.45, 2.75) is 63.6 Å². The number of amidine groups is 1. The number of rotatable bonds is 2. The number of benzene rings is 1. The summed E-state index contributed by atoms with van der Waals surface area (Å²) in [4.78, 5) is 16.9. The third kappa shape index (κ3) is 6.05. The molecule has 11 heteroatoms. The number of hydrogen-bond donors (Lipinski definition) is 1. The fourth-order valence-electron chi connectivity index (χ4n) is 3.26. The maximum Gasteiger partial charge on any atom is 0.413 e. The molecular weight excluding hydrogens is 462 g/mol. The van der Waals surface area contributed by atoms with E-state index >= 15 is 0 Å². The van der Waals surface area contributed by atoms with Crippen molar-refractivity contribution in [3.63, 3.8) is 0 Å². The van der Waals surface area contributed by atoms with Crippen molar-refractivity contribution in [1.29, 1.82) is 0 Å². The molecular formula is C22H27F4N3O3S. The zero-order valence-electron chi connectivity index (χ0n) is 19.3. The topological polar surface area (TPSA) is 80.1 Å². The average Bonchev–Trinajstić information content (AvgIpc) is 2.63. The van der Waals surface area contributed by atoms with Crippen LogP contribution in [0.2, 0.25) is 0 Å². The van der Waals surface area contributed by atoms with E-state index in [0.29, 0.717) is 5.56 Å². The first-order valence-corrected chi connectivity index (χ1v) is 11.6. The predicted octanol–water partition coefficient (Wildman–Crippen LogP) is 4.77. The number of nitrogens with one attached hydrogen (secondary N) is 1. The van der Waals surface area contributed by atoms with Crippen LogP contribution in [0.15, 0.2) is 27.6 Å². The highest BCUT2D eigenvalue weighted by molar-refractivity contribution is 7.95. The number of terminal acetylenes is 1. The van der Waals surface area contributed by atoms with Crippen molar-refractivity contribution in [1.82, 2.24) is 5.32 Å². The van der Waals surface area contributed by atoms with Crippen LogP contribution >= 0.6 is 0 Å². The first kappa shape index (κ1) is 26.6. The first-order chi connectivity index (χ1) is 14.8. The highest BCUT2D eigenvalue weighted by Gasteiger charge is 2.50. The molecule has 182 valence electrons. The van der Waals surface area contributed by atoms with Gasteiger partial charge < -0.3 is 4.74 Å². The Balaban J connectivity index is 2.74. The Labute approximate surface area is 191 Å². The summed E-state index contributed by atoms with van der Waals surface area (Å²) in [5, 5.41) is 2.40. The van der Waals surface area contributed by atoms with Crippen LogP contribution in [0.25, 0.3) is 0 Å². The highest BCUT2D eigenvalue weighted by atomic mass is 32.2. The van der Waals surface area contributed by atoms with Gasteiger partial charge in [0.2, 0.25) is 0 Å². The number of nitrogens with zero attached hydrogens (tertiary/aromatic N) is 2. The van der Waals surface area contributed by atoms with Gasteiger partial charge in [0, 0.05) is 11.1 Å². The van der Waals surface area contributed by atoms with Gasteiger partial charge in [-0.3, -0.25) is 10.3 Å². The molecule has 1 aliphatic heterocycles. The second-order valence-electron chi connectivity index (χ2n) is 9.40. The van der Waals surface area contributed by atoms with Crippen LogP contribution in [0.4, 0.5) is 22.4 Å². The lowest BCUT2D eigenvalue weighted by Gasteiger charge is -2.42. The van der Waals surface area contributed by atoms with Crippen molar-refractivity contribution >= 4 is 21.7 Å². The summed E-state index contributed by atoms with van der Waals surface area (Å²) in [6, 6.07) is 3.76. The van der Waals surface area contributed by atoms with E-state index in [4.69, 9.17) is 11.2 Å². The Bertz CT molecular complexity index is 1140. The van der Waals surface area contributed by atoms with Crippen molar-refractivity contribution in [3.05, 3.63) is 35.1 Å². The van der Waals surface area contributed by atoms with E-state index in [1.54, 1.807) is 20.8 Å². The van der Waals surface area contributed by atoms with Gasteiger partial charge in [-0.2, -0.15) is 13.2 Å². The molecule has 0 bridgehead atoms. The summed E-state index contributed by atoms with van der Waals surface area (Å²) in [6.07, 6.45) is -0.256. The van der Waals surface area contributed by atoms with E-state index in [1.165, 1.54) is 32.9 Å². The monoisotopic (exact) mass is 489 g/mol. The summed E-state index contributed by atoms with van der Waals surface area (Å²) in [5.41, 5.74) is -2.30. The molecule has 1 N–H and O–H groups in total. The Kier molecular flexibility index (Phi) is 6.97. The molecule has 1 aliphatic rings. The lowest BCUT2D eigenvalue weighted by molar-refractivity contribution is -0.117. The molecule has 1 aromatic rings. The zero-order valence-corrected chi connectivity index (χ0v) is 20.1. The largest absolute Gasteiger partial charge is 0.444 e. The van der Waals surface area contributed by atoms with E-state index < -0.39 is 56.0 Å². The number of halogens is 4. The maximum absolute atomic E-state index is 14.8. The molecule has 1 amide bonds. The normalized spacial score (nSPS) is 24.9. The standard InChI is InChI=1S/C22H27F4N3O3S/c1-8-14-9-10-16(23)15(11-14)21(7)13-33(31,27-12-22(24,25)26)20(5,6)17(29-21)28-18(30)32-19(2,3)4/h1,9-11H,12-13H2,2-7H3,(H,28,29,30)/t21-,33+/m0/s1. The molecule has 0 fully saturated rings. The fourth-order valence-corrected chi connectivity index (χ4v) is 5.77. The van der Waals surface area contributed by atoms with Crippen molar-refractivity contribution < 1.29 is 31.3 Å². The Morgan fingerprint density at radius 2 is 1.91 bits per heavy atom. The van der Waals surface area contributed by atoms with E-state index in [0.717, 1.165) is 6.07 Å². The van der Waals surface area contributed by atoms with Crippen molar-refractivity contribution in [2.24, 2.45) is 9.36 Å². The second-order valence-corrected chi connectivity index (χ2v) is 12.2. The van der Waals surface area contributed by atoms with Gasteiger partial charge in [0.1, 0.15) is 34.1 Å². The number of alkyl carbamates (subject to hydrolysis) is 1. The lowest BCUT2D eigenvalue weighted by Crippen LogP contribution is -2.58. The summed E-state index contributed by atoms with van der Waals surface area (Å²) in [5.74, 6) is 0.862. The number of ether oxygens (including phenoxy) is 1. The predicted molar refractivity (Wildman–Crippen MR) is 119 cm³/mol. The molecule has 0 aliphatic carbocycles. The molecule has 1 aromatic carbocycles. The van der Waals surface area contributed by atoms with Crippen LogP contribution in [-0.4, -0.2) is 45.0 Å². The van der Waals surface area contributed by atoms with Gasteiger partial charge in [-0.15, -0.1) is 6.42 Å².